The van der Waals surface area contributed by atoms with E-state index in [1.165, 1.54) is 0 Å². The molecule has 12 nitrogen and oxygen atoms in total. The summed E-state index contributed by atoms with van der Waals surface area (Å²) in [5.41, 5.74) is 0.824. The molecule has 3 fully saturated rings. The molecule has 3 N–H and O–H groups in total. The number of aliphatic carboxylic acids is 1. The highest BCUT2D eigenvalue weighted by molar-refractivity contribution is 5.83. The van der Waals surface area contributed by atoms with E-state index >= 15 is 0 Å². The first-order chi connectivity index (χ1) is 22.6. The molecule has 0 bridgehead atoms. The summed E-state index contributed by atoms with van der Waals surface area (Å²) in [4.78, 5) is 40.8. The molecule has 0 saturated carbocycles. The van der Waals surface area contributed by atoms with Crippen molar-refractivity contribution >= 4 is 18.0 Å². The lowest BCUT2D eigenvalue weighted by molar-refractivity contribution is -0.143. The van der Waals surface area contributed by atoms with Crippen molar-refractivity contribution in [1.29, 1.82) is 0 Å². The summed E-state index contributed by atoms with van der Waals surface area (Å²) in [5, 5.41) is 22.4. The number of hydrogen-bond donors (Lipinski definition) is 3. The molecule has 0 unspecified atom stereocenters. The Morgan fingerprint density at radius 3 is 2.46 bits per heavy atom. The van der Waals surface area contributed by atoms with Crippen molar-refractivity contribution in [3.05, 3.63) is 23.8 Å². The number of carboxylic acid groups (broad SMARTS) is 1. The zero-order valence-electron chi connectivity index (χ0n) is 30.4. The third-order valence-electron chi connectivity index (χ3n) is 10.1. The van der Waals surface area contributed by atoms with Crippen LogP contribution in [0.15, 0.2) is 23.8 Å². The minimum atomic E-state index is -1.11. The number of rotatable bonds is 17. The van der Waals surface area contributed by atoms with Crippen molar-refractivity contribution in [2.75, 3.05) is 46.9 Å². The number of allylic oxidation sites excluding steroid dienone is 3. The highest BCUT2D eigenvalue weighted by Crippen LogP contribution is 2.47. The number of aliphatic hydroxyl groups is 1. The van der Waals surface area contributed by atoms with Crippen molar-refractivity contribution in [3.8, 4) is 0 Å². The maximum Gasteiger partial charge on any atom is 0.409 e. The Balaban J connectivity index is -0.000000556. The van der Waals surface area contributed by atoms with Gasteiger partial charge in [0.15, 0.2) is 0 Å². The molecule has 12 heteroatoms. The van der Waals surface area contributed by atoms with Gasteiger partial charge in [-0.3, -0.25) is 4.79 Å². The molecule has 3 heterocycles. The van der Waals surface area contributed by atoms with E-state index in [-0.39, 0.29) is 92.1 Å². The molecule has 292 valence electrons. The smallest absolute Gasteiger partial charge is 0.409 e. The fourth-order valence-corrected chi connectivity index (χ4v) is 7.27. The van der Waals surface area contributed by atoms with Crippen LogP contribution in [-0.2, 0) is 28.5 Å². The molecule has 0 spiro atoms. The van der Waals surface area contributed by atoms with Gasteiger partial charge in [0, 0.05) is 52.0 Å². The van der Waals surface area contributed by atoms with Crippen LogP contribution in [0.4, 0.5) is 4.79 Å². The van der Waals surface area contributed by atoms with Gasteiger partial charge in [0.2, 0.25) is 5.91 Å². The Hall–Kier alpha value is -2.51. The number of carbonyl (C=O) groups excluding carboxylic acids is 2. The topological polar surface area (TPSA) is 150 Å². The molecule has 3 rings (SSSR count). The number of carboxylic acids is 1. The maximum absolute atomic E-state index is 12.9. The normalized spacial score (nSPS) is 29.9. The van der Waals surface area contributed by atoms with Gasteiger partial charge in [0.05, 0.1) is 49.1 Å². The van der Waals surface area contributed by atoms with E-state index in [0.717, 1.165) is 37.9 Å². The number of epoxide rings is 1. The summed E-state index contributed by atoms with van der Waals surface area (Å²) in [6.07, 6.45) is 7.73. The average molecular weight is 698 g/mol. The second-order valence-corrected chi connectivity index (χ2v) is 14.6. The van der Waals surface area contributed by atoms with Crippen molar-refractivity contribution in [2.45, 2.75) is 122 Å². The van der Waals surface area contributed by atoms with E-state index < -0.39 is 18.1 Å². The quantitative estimate of drug-likeness (QED) is 0.0907. The molecule has 0 aliphatic carbocycles. The fraction of sp³-hybridized carbons (Fsp3) is 0.806. The van der Waals surface area contributed by atoms with E-state index in [1.807, 2.05) is 14.0 Å². The van der Waals surface area contributed by atoms with E-state index in [0.29, 0.717) is 19.5 Å². The lowest BCUT2D eigenvalue weighted by Gasteiger charge is -2.35. The summed E-state index contributed by atoms with van der Waals surface area (Å²) in [5.74, 6) is -0.835. The summed E-state index contributed by atoms with van der Waals surface area (Å²) in [6.45, 7) is 15.2. The van der Waals surface area contributed by atoms with Crippen LogP contribution in [-0.4, -0.2) is 127 Å². The van der Waals surface area contributed by atoms with Crippen LogP contribution >= 0.6 is 0 Å². The van der Waals surface area contributed by atoms with Gasteiger partial charge < -0.3 is 44.3 Å². The SMILES string of the molecule is CO[C@H]([C@@H](C)[C@H]1O[C@]1(C)C[C@H](C)/C=C/C=C(\C)[C@H]1O[C@@H](CC(=O)N[C@H](CCCOC(=O)N2CCN(C)CC2)C(=O)O)CC[C@@H]1C)[C@@H](C)O.[HH].[HH].[HH].[HH].[HH].[HH].[HH].[HH].[HH]. The van der Waals surface area contributed by atoms with E-state index in [2.05, 4.69) is 56.1 Å². The molecule has 2 amide bonds. The van der Waals surface area contributed by atoms with Gasteiger partial charge in [-0.1, -0.05) is 39.0 Å². The molecule has 48 heavy (non-hydrogen) atoms. The minimum absolute atomic E-state index is 0. The molecule has 0 radical (unpaired) electrons. The van der Waals surface area contributed by atoms with Crippen LogP contribution < -0.4 is 5.32 Å². The number of likely N-dealkylation sites (N-methyl/N-ethyl adjacent to an activating group) is 1. The molecule has 10 atom stereocenters. The number of amides is 2. The van der Waals surface area contributed by atoms with E-state index in [9.17, 15) is 24.6 Å². The van der Waals surface area contributed by atoms with Crippen LogP contribution in [0.1, 0.15) is 92.9 Å². The summed E-state index contributed by atoms with van der Waals surface area (Å²) < 4.78 is 23.3. The van der Waals surface area contributed by atoms with Crippen LogP contribution in [0, 0.1) is 17.8 Å². The standard InChI is InChI=1S/C36H61N3O9.9H2/c1-23(22-36(6)33(48-36)26(4)32(45-8)27(5)40)11-9-12-24(2)31-25(3)14-15-28(47-31)21-30(41)37-29(34(42)43)13-10-20-46-35(44)39-18-16-38(7)17-19-39;;;;;;;;;/h9,11-12,23,25-29,31-33,40H,10,13-22H2,1-8H3,(H,37,41)(H,42,43);9*1H/b11-9+,24-12+;;;;;;;;;/t23-,25+,26-,27-,28-,29-,31-,32-,33-,36-;;;;;;;;;/m1........./s1. The second-order valence-electron chi connectivity index (χ2n) is 14.6. The molecular weight excluding hydrogens is 618 g/mol. The first-order valence-electron chi connectivity index (χ1n) is 17.7. The number of methoxy groups -OCH3 is 1. The second kappa shape index (κ2) is 18.5. The average Bonchev–Trinajstić information content (AvgIpc) is 3.69. The van der Waals surface area contributed by atoms with E-state index in [4.69, 9.17) is 18.9 Å². The predicted molar refractivity (Wildman–Crippen MR) is 202 cm³/mol. The van der Waals surface area contributed by atoms with Gasteiger partial charge in [-0.25, -0.2) is 9.59 Å². The third kappa shape index (κ3) is 11.8. The highest BCUT2D eigenvalue weighted by atomic mass is 16.6. The molecule has 0 aromatic rings. The van der Waals surface area contributed by atoms with Crippen molar-refractivity contribution in [2.24, 2.45) is 17.8 Å². The summed E-state index contributed by atoms with van der Waals surface area (Å²) in [6, 6.07) is -1.06. The van der Waals surface area contributed by atoms with Crippen LogP contribution in [0.5, 0.6) is 0 Å². The van der Waals surface area contributed by atoms with Crippen LogP contribution in [0.3, 0.4) is 0 Å². The molecule has 3 aliphatic heterocycles. The maximum atomic E-state index is 12.9. The Kier molecular flexibility index (Phi) is 15.4. The third-order valence-corrected chi connectivity index (χ3v) is 10.1. The number of aliphatic hydroxyl groups excluding tert-OH is 1. The zero-order valence-corrected chi connectivity index (χ0v) is 30.4. The van der Waals surface area contributed by atoms with Crippen LogP contribution in [0.25, 0.3) is 0 Å². The van der Waals surface area contributed by atoms with Gasteiger partial charge in [0.25, 0.3) is 0 Å². The summed E-state index contributed by atoms with van der Waals surface area (Å²) in [7, 11) is 3.63. The lowest BCUT2D eigenvalue weighted by atomic mass is 9.85. The highest BCUT2D eigenvalue weighted by Gasteiger charge is 2.56. The number of piperazine rings is 1. The predicted octanol–water partition coefficient (Wildman–Crippen LogP) is 6.23. The summed E-state index contributed by atoms with van der Waals surface area (Å²) >= 11 is 0. The largest absolute Gasteiger partial charge is 0.480 e. The van der Waals surface area contributed by atoms with Crippen LogP contribution in [0.2, 0.25) is 0 Å². The molecular formula is C36H79N3O9. The number of carbonyl (C=O) groups is 3. The lowest BCUT2D eigenvalue weighted by Crippen LogP contribution is -2.47. The minimum Gasteiger partial charge on any atom is -0.480 e. The number of ether oxygens (including phenoxy) is 4. The Morgan fingerprint density at radius 2 is 1.83 bits per heavy atom. The van der Waals surface area contributed by atoms with Crippen molar-refractivity contribution < 1.29 is 56.4 Å². The van der Waals surface area contributed by atoms with Crippen molar-refractivity contribution in [3.63, 3.8) is 0 Å². The number of nitrogens with zero attached hydrogens (tertiary/aromatic N) is 2. The molecule has 3 saturated heterocycles. The number of hydrogen-bond acceptors (Lipinski definition) is 9. The molecule has 0 aromatic heterocycles. The van der Waals surface area contributed by atoms with E-state index in [1.54, 1.807) is 18.9 Å². The molecule has 0 aromatic carbocycles. The molecule has 3 aliphatic rings. The first kappa shape index (κ1) is 39.9. The number of nitrogens with one attached hydrogen (secondary N) is 1. The first-order valence-corrected chi connectivity index (χ1v) is 17.7. The Morgan fingerprint density at radius 1 is 1.15 bits per heavy atom. The zero-order chi connectivity index (χ0) is 35.6. The fourth-order valence-electron chi connectivity index (χ4n) is 7.27. The van der Waals surface area contributed by atoms with Gasteiger partial charge in [0.1, 0.15) is 6.04 Å². The Labute approximate surface area is 300 Å². The van der Waals surface area contributed by atoms with Gasteiger partial charge >= 0.3 is 12.1 Å². The monoisotopic (exact) mass is 698 g/mol. The van der Waals surface area contributed by atoms with Gasteiger partial charge in [-0.05, 0) is 77.3 Å². The van der Waals surface area contributed by atoms with Gasteiger partial charge in [-0.15, -0.1) is 0 Å². The van der Waals surface area contributed by atoms with Crippen molar-refractivity contribution in [1.82, 2.24) is 15.1 Å². The Bertz CT molecular complexity index is 1160. The van der Waals surface area contributed by atoms with Gasteiger partial charge in [-0.2, -0.15) is 0 Å².